The molecule has 21 heavy (non-hydrogen) atoms. The molecule has 0 aromatic heterocycles. The largest absolute Gasteiger partial charge is 0.497 e. The van der Waals surface area contributed by atoms with Crippen LogP contribution in [0.3, 0.4) is 0 Å². The first-order chi connectivity index (χ1) is 10.1. The number of hydrogen-bond acceptors (Lipinski definition) is 2. The highest BCUT2D eigenvalue weighted by atomic mass is 16.5. The van der Waals surface area contributed by atoms with Crippen LogP contribution in [-0.4, -0.2) is 25.4 Å². The lowest BCUT2D eigenvalue weighted by Gasteiger charge is -2.27. The number of ether oxygens (including phenoxy) is 1. The van der Waals surface area contributed by atoms with Crippen molar-refractivity contribution in [2.75, 3.05) is 7.11 Å². The Morgan fingerprint density at radius 2 is 1.71 bits per heavy atom. The third-order valence-electron chi connectivity index (χ3n) is 3.71. The molecule has 2 nitrogen and oxygen atoms in total. The Labute approximate surface area is 129 Å². The highest BCUT2D eigenvalue weighted by Gasteiger charge is 2.13. The maximum atomic E-state index is 5.21. The van der Waals surface area contributed by atoms with Gasteiger partial charge in [-0.1, -0.05) is 55.7 Å². The van der Waals surface area contributed by atoms with Crippen molar-refractivity contribution in [3.8, 4) is 5.75 Å². The molecule has 0 spiro atoms. The number of aryl methyl sites for hydroxylation is 1. The van der Waals surface area contributed by atoms with Gasteiger partial charge in [0.15, 0.2) is 0 Å². The van der Waals surface area contributed by atoms with Crippen molar-refractivity contribution in [2.24, 2.45) is 0 Å². The molecular weight excluding hydrogens is 257 g/mol. The molecule has 109 valence electrons. The summed E-state index contributed by atoms with van der Waals surface area (Å²) in [6.45, 7) is 7.54. The van der Waals surface area contributed by atoms with Gasteiger partial charge in [-0.25, -0.2) is 0 Å². The summed E-state index contributed by atoms with van der Waals surface area (Å²) in [4.78, 5) is 2.37. The maximum absolute atomic E-state index is 5.21. The van der Waals surface area contributed by atoms with Crippen LogP contribution in [0.5, 0.6) is 5.75 Å². The van der Waals surface area contributed by atoms with Crippen LogP contribution in [-0.2, 0) is 6.54 Å². The number of rotatable bonds is 6. The molecule has 0 N–H and O–H groups in total. The van der Waals surface area contributed by atoms with E-state index >= 15 is 0 Å². The van der Waals surface area contributed by atoms with E-state index in [1.807, 2.05) is 12.1 Å². The van der Waals surface area contributed by atoms with Crippen molar-refractivity contribution >= 4 is 12.9 Å². The summed E-state index contributed by atoms with van der Waals surface area (Å²) in [5.74, 6) is 0.891. The Kier molecular flexibility index (Phi) is 5.46. The Hall–Kier alpha value is -1.74. The van der Waals surface area contributed by atoms with E-state index in [-0.39, 0.29) is 0 Å². The molecule has 0 fully saturated rings. The van der Waals surface area contributed by atoms with Crippen LogP contribution in [0, 0.1) is 6.92 Å². The lowest BCUT2D eigenvalue weighted by molar-refractivity contribution is 0.368. The van der Waals surface area contributed by atoms with Gasteiger partial charge in [0.25, 0.3) is 0 Å². The molecule has 0 aliphatic carbocycles. The summed E-state index contributed by atoms with van der Waals surface area (Å²) in [6.07, 6.45) is 0. The van der Waals surface area contributed by atoms with Crippen molar-refractivity contribution in [3.05, 3.63) is 59.7 Å². The average molecular weight is 280 g/mol. The molecule has 1 radical (unpaired) electrons. The Bertz CT molecular complexity index is 566. The van der Waals surface area contributed by atoms with E-state index in [1.54, 1.807) is 7.11 Å². The molecule has 0 aliphatic rings. The van der Waals surface area contributed by atoms with Gasteiger partial charge in [-0.05, 0) is 36.2 Å². The summed E-state index contributed by atoms with van der Waals surface area (Å²) in [7, 11) is 3.91. The number of nitrogens with zero attached hydrogens (tertiary/aromatic N) is 1. The minimum atomic E-state index is 0.451. The molecule has 0 heterocycles. The van der Waals surface area contributed by atoms with E-state index < -0.39 is 0 Å². The van der Waals surface area contributed by atoms with Gasteiger partial charge >= 0.3 is 0 Å². The average Bonchev–Trinajstić information content (AvgIpc) is 2.49. The Balaban J connectivity index is 2.10. The van der Waals surface area contributed by atoms with E-state index in [2.05, 4.69) is 69.4 Å². The van der Waals surface area contributed by atoms with Crippen molar-refractivity contribution < 1.29 is 4.74 Å². The molecule has 2 aromatic rings. The van der Waals surface area contributed by atoms with Gasteiger partial charge in [0.2, 0.25) is 7.41 Å². The molecule has 2 aromatic carbocycles. The molecule has 3 heteroatoms. The van der Waals surface area contributed by atoms with Crippen molar-refractivity contribution in [1.29, 1.82) is 0 Å². The summed E-state index contributed by atoms with van der Waals surface area (Å²) in [5.41, 5.74) is 3.90. The summed E-state index contributed by atoms with van der Waals surface area (Å²) in [6, 6.07) is 17.2. The van der Waals surface area contributed by atoms with Crippen LogP contribution in [0.2, 0.25) is 0 Å². The van der Waals surface area contributed by atoms with Crippen LogP contribution in [0.25, 0.3) is 0 Å². The first kappa shape index (κ1) is 15.6. The lowest BCUT2D eigenvalue weighted by atomic mass is 9.78. The quantitative estimate of drug-likeness (QED) is 0.754. The van der Waals surface area contributed by atoms with Crippen LogP contribution in [0.1, 0.15) is 25.0 Å². The molecular formula is C18H23BNO. The van der Waals surface area contributed by atoms with E-state index in [0.29, 0.717) is 6.04 Å². The van der Waals surface area contributed by atoms with Gasteiger partial charge in [-0.15, -0.1) is 0 Å². The topological polar surface area (TPSA) is 12.5 Å². The van der Waals surface area contributed by atoms with Crippen molar-refractivity contribution in [2.45, 2.75) is 33.4 Å². The number of hydrogen-bond donors (Lipinski definition) is 0. The number of methoxy groups -OCH3 is 1. The molecule has 0 atom stereocenters. The van der Waals surface area contributed by atoms with Crippen LogP contribution in [0.4, 0.5) is 0 Å². The first-order valence-corrected chi connectivity index (χ1v) is 7.39. The minimum Gasteiger partial charge on any atom is -0.497 e. The van der Waals surface area contributed by atoms with Gasteiger partial charge in [0.05, 0.1) is 7.11 Å². The smallest absolute Gasteiger partial charge is 0.248 e. The van der Waals surface area contributed by atoms with Gasteiger partial charge < -0.3 is 9.55 Å². The minimum absolute atomic E-state index is 0.451. The fourth-order valence-electron chi connectivity index (χ4n) is 2.24. The van der Waals surface area contributed by atoms with Gasteiger partial charge in [0.1, 0.15) is 5.75 Å². The zero-order valence-electron chi connectivity index (χ0n) is 13.3. The van der Waals surface area contributed by atoms with E-state index in [9.17, 15) is 0 Å². The molecule has 2 rings (SSSR count). The fraction of sp³-hybridized carbons (Fsp3) is 0.333. The lowest BCUT2D eigenvalue weighted by Crippen LogP contribution is -2.40. The van der Waals surface area contributed by atoms with E-state index in [1.165, 1.54) is 16.6 Å². The third kappa shape index (κ3) is 4.37. The zero-order chi connectivity index (χ0) is 15.2. The first-order valence-electron chi connectivity index (χ1n) is 7.39. The summed E-state index contributed by atoms with van der Waals surface area (Å²) >= 11 is 0. The molecule has 0 bridgehead atoms. The molecule has 0 aliphatic heterocycles. The third-order valence-corrected chi connectivity index (χ3v) is 3.71. The Morgan fingerprint density at radius 1 is 1.05 bits per heavy atom. The SMILES string of the molecule is COc1ccc([B]N(Cc2ccccc2C)C(C)C)cc1. The normalized spacial score (nSPS) is 11.0. The predicted molar refractivity (Wildman–Crippen MR) is 90.2 cm³/mol. The monoisotopic (exact) mass is 280 g/mol. The molecule has 0 saturated heterocycles. The van der Waals surface area contributed by atoms with Crippen LogP contribution < -0.4 is 10.2 Å². The van der Waals surface area contributed by atoms with Crippen molar-refractivity contribution in [1.82, 2.24) is 4.81 Å². The summed E-state index contributed by atoms with van der Waals surface area (Å²) in [5, 5.41) is 0. The number of benzene rings is 2. The Morgan fingerprint density at radius 3 is 2.29 bits per heavy atom. The highest BCUT2D eigenvalue weighted by Crippen LogP contribution is 2.12. The second kappa shape index (κ2) is 7.32. The molecule has 0 unspecified atom stereocenters. The molecule has 0 amide bonds. The maximum Gasteiger partial charge on any atom is 0.248 e. The second-order valence-corrected chi connectivity index (χ2v) is 5.59. The molecule has 0 saturated carbocycles. The van der Waals surface area contributed by atoms with Crippen molar-refractivity contribution in [3.63, 3.8) is 0 Å². The van der Waals surface area contributed by atoms with E-state index in [0.717, 1.165) is 12.3 Å². The van der Waals surface area contributed by atoms with Crippen LogP contribution in [0.15, 0.2) is 48.5 Å². The van der Waals surface area contributed by atoms with E-state index in [4.69, 9.17) is 4.74 Å². The standard InChI is InChI=1S/C18H23BNO/c1-14(2)20(13-16-8-6-5-7-15(16)3)19-17-9-11-18(21-4)12-10-17/h5-12,14H,13H2,1-4H3. The van der Waals surface area contributed by atoms with Gasteiger partial charge in [-0.2, -0.15) is 0 Å². The van der Waals surface area contributed by atoms with Crippen LogP contribution >= 0.6 is 0 Å². The zero-order valence-corrected chi connectivity index (χ0v) is 13.3. The van der Waals surface area contributed by atoms with Gasteiger partial charge in [0, 0.05) is 6.54 Å². The highest BCUT2D eigenvalue weighted by molar-refractivity contribution is 6.50. The summed E-state index contributed by atoms with van der Waals surface area (Å²) < 4.78 is 5.21. The fourth-order valence-corrected chi connectivity index (χ4v) is 2.24. The predicted octanol–water partition coefficient (Wildman–Crippen LogP) is 3.16. The second-order valence-electron chi connectivity index (χ2n) is 5.59. The van der Waals surface area contributed by atoms with Gasteiger partial charge in [-0.3, -0.25) is 0 Å².